The lowest BCUT2D eigenvalue weighted by atomic mass is 9.77. The molecule has 0 radical (unpaired) electrons. The van der Waals surface area contributed by atoms with Gasteiger partial charge in [0.2, 0.25) is 5.95 Å². The highest BCUT2D eigenvalue weighted by molar-refractivity contribution is 5.29. The molecule has 0 saturated carbocycles. The molecule has 7 heteroatoms. The van der Waals surface area contributed by atoms with Crippen LogP contribution < -0.4 is 9.64 Å². The van der Waals surface area contributed by atoms with Crippen molar-refractivity contribution in [2.75, 3.05) is 31.2 Å². The van der Waals surface area contributed by atoms with Gasteiger partial charge in [-0.3, -0.25) is 4.98 Å². The summed E-state index contributed by atoms with van der Waals surface area (Å²) in [5.41, 5.74) is 0.208. The van der Waals surface area contributed by atoms with E-state index in [0.717, 1.165) is 44.7 Å². The molecule has 2 aliphatic heterocycles. The quantitative estimate of drug-likeness (QED) is 0.849. The van der Waals surface area contributed by atoms with Crippen LogP contribution in [-0.4, -0.2) is 47.4 Å². The number of anilines is 1. The first-order valence-corrected chi connectivity index (χ1v) is 8.59. The summed E-state index contributed by atoms with van der Waals surface area (Å²) >= 11 is 0. The Morgan fingerprint density at radius 3 is 2.76 bits per heavy atom. The Kier molecular flexibility index (Phi) is 4.48. The van der Waals surface area contributed by atoms with E-state index in [1.54, 1.807) is 12.4 Å². The van der Waals surface area contributed by atoms with Crippen molar-refractivity contribution in [1.29, 1.82) is 0 Å². The molecule has 1 atom stereocenters. The summed E-state index contributed by atoms with van der Waals surface area (Å²) in [7, 11) is 0. The van der Waals surface area contributed by atoms with Crippen LogP contribution in [-0.2, 0) is 4.74 Å². The molecule has 4 rings (SSSR count). The van der Waals surface area contributed by atoms with Crippen molar-refractivity contribution in [2.45, 2.75) is 25.4 Å². The average Bonchev–Trinajstić information content (AvgIpc) is 3.05. The molecule has 2 fully saturated rings. The number of pyridine rings is 1. The highest BCUT2D eigenvalue weighted by Crippen LogP contribution is 2.42. The van der Waals surface area contributed by atoms with Gasteiger partial charge in [-0.05, 0) is 36.8 Å². The molecule has 2 aromatic rings. The lowest BCUT2D eigenvalue weighted by molar-refractivity contribution is 0.0577. The molecule has 0 bridgehead atoms. The summed E-state index contributed by atoms with van der Waals surface area (Å²) in [6, 6.07) is 3.76. The van der Waals surface area contributed by atoms with Crippen molar-refractivity contribution in [3.05, 3.63) is 42.7 Å². The number of rotatable bonds is 4. The van der Waals surface area contributed by atoms with Gasteiger partial charge < -0.3 is 14.4 Å². The first-order valence-electron chi connectivity index (χ1n) is 8.59. The average molecular weight is 344 g/mol. The second kappa shape index (κ2) is 6.92. The lowest BCUT2D eigenvalue weighted by Gasteiger charge is -2.38. The minimum Gasteiger partial charge on any atom is -0.489 e. The molecule has 6 nitrogen and oxygen atoms in total. The largest absolute Gasteiger partial charge is 0.489 e. The van der Waals surface area contributed by atoms with Crippen LogP contribution in [0.2, 0.25) is 0 Å². The fourth-order valence-corrected chi connectivity index (χ4v) is 3.62. The van der Waals surface area contributed by atoms with E-state index in [9.17, 15) is 4.39 Å². The van der Waals surface area contributed by atoms with Crippen molar-refractivity contribution in [3.8, 4) is 5.75 Å². The third-order valence-electron chi connectivity index (χ3n) is 5.07. The van der Waals surface area contributed by atoms with Gasteiger partial charge >= 0.3 is 0 Å². The van der Waals surface area contributed by atoms with Crippen LogP contribution in [0.4, 0.5) is 10.3 Å². The van der Waals surface area contributed by atoms with E-state index >= 15 is 0 Å². The van der Waals surface area contributed by atoms with Gasteiger partial charge in [-0.15, -0.1) is 0 Å². The molecule has 0 aliphatic carbocycles. The van der Waals surface area contributed by atoms with Gasteiger partial charge in [-0.25, -0.2) is 14.4 Å². The number of hydrogen-bond acceptors (Lipinski definition) is 6. The van der Waals surface area contributed by atoms with Crippen LogP contribution in [0.5, 0.6) is 5.75 Å². The van der Waals surface area contributed by atoms with Gasteiger partial charge in [0.05, 0.1) is 31.3 Å². The maximum absolute atomic E-state index is 13.0. The number of nitrogens with zero attached hydrogens (tertiary/aromatic N) is 4. The van der Waals surface area contributed by atoms with Gasteiger partial charge in [0.15, 0.2) is 5.82 Å². The van der Waals surface area contributed by atoms with Crippen molar-refractivity contribution in [1.82, 2.24) is 15.0 Å². The van der Waals surface area contributed by atoms with Crippen molar-refractivity contribution < 1.29 is 13.9 Å². The van der Waals surface area contributed by atoms with Crippen LogP contribution in [0.3, 0.4) is 0 Å². The fourth-order valence-electron chi connectivity index (χ4n) is 3.62. The Balaban J connectivity index is 1.29. The first-order chi connectivity index (χ1) is 12.2. The summed E-state index contributed by atoms with van der Waals surface area (Å²) in [6.07, 6.45) is 9.06. The molecule has 1 spiro atoms. The first kappa shape index (κ1) is 16.2. The summed E-state index contributed by atoms with van der Waals surface area (Å²) in [4.78, 5) is 14.3. The fraction of sp³-hybridized carbons (Fsp3) is 0.500. The summed E-state index contributed by atoms with van der Waals surface area (Å²) in [5.74, 6) is 0.972. The zero-order valence-corrected chi connectivity index (χ0v) is 14.0. The second-order valence-electron chi connectivity index (χ2n) is 6.83. The van der Waals surface area contributed by atoms with Crippen molar-refractivity contribution >= 4 is 5.95 Å². The topological polar surface area (TPSA) is 60.4 Å². The Hall–Kier alpha value is -2.28. The Labute approximate surface area is 146 Å². The van der Waals surface area contributed by atoms with Crippen molar-refractivity contribution in [2.24, 2.45) is 5.41 Å². The van der Waals surface area contributed by atoms with E-state index in [1.165, 1.54) is 12.4 Å². The van der Waals surface area contributed by atoms with Gasteiger partial charge in [-0.2, -0.15) is 0 Å². The summed E-state index contributed by atoms with van der Waals surface area (Å²) < 4.78 is 24.7. The van der Waals surface area contributed by atoms with E-state index in [2.05, 4.69) is 19.9 Å². The number of halogens is 1. The molecule has 2 aliphatic rings. The smallest absolute Gasteiger partial charge is 0.225 e. The number of ether oxygens (including phenoxy) is 2. The van der Waals surface area contributed by atoms with Crippen LogP contribution in [0, 0.1) is 11.2 Å². The Morgan fingerprint density at radius 2 is 2.04 bits per heavy atom. The predicted octanol–water partition coefficient (Wildman–Crippen LogP) is 2.47. The molecule has 0 N–H and O–H groups in total. The second-order valence-corrected chi connectivity index (χ2v) is 6.83. The zero-order chi connectivity index (χ0) is 17.1. The van der Waals surface area contributed by atoms with Crippen LogP contribution in [0.25, 0.3) is 0 Å². The molecule has 25 heavy (non-hydrogen) atoms. The SMILES string of the molecule is Fc1cnc(N2CCC3(CC2)CO[C@H](COc2cccnc2)C3)nc1. The zero-order valence-electron chi connectivity index (χ0n) is 14.0. The minimum atomic E-state index is -0.405. The van der Waals surface area contributed by atoms with Crippen LogP contribution in [0.1, 0.15) is 19.3 Å². The predicted molar refractivity (Wildman–Crippen MR) is 90.0 cm³/mol. The molecule has 4 heterocycles. The van der Waals surface area contributed by atoms with Crippen LogP contribution in [0.15, 0.2) is 36.9 Å². The molecule has 0 unspecified atom stereocenters. The number of piperidine rings is 1. The minimum absolute atomic E-state index is 0.119. The molecule has 2 saturated heterocycles. The molecule has 132 valence electrons. The Bertz CT molecular complexity index is 690. The molecular weight excluding hydrogens is 323 g/mol. The van der Waals surface area contributed by atoms with Gasteiger partial charge in [0.25, 0.3) is 0 Å². The molecule has 2 aromatic heterocycles. The van der Waals surface area contributed by atoms with E-state index in [0.29, 0.717) is 12.6 Å². The number of hydrogen-bond donors (Lipinski definition) is 0. The Morgan fingerprint density at radius 1 is 1.24 bits per heavy atom. The summed E-state index contributed by atoms with van der Waals surface area (Å²) in [6.45, 7) is 3.06. The molecular formula is C18H21FN4O2. The molecule has 0 aromatic carbocycles. The van der Waals surface area contributed by atoms with Gasteiger partial charge in [0.1, 0.15) is 12.4 Å². The van der Waals surface area contributed by atoms with E-state index in [1.807, 2.05) is 12.1 Å². The number of aromatic nitrogens is 3. The van der Waals surface area contributed by atoms with Crippen LogP contribution >= 0.6 is 0 Å². The molecule has 0 amide bonds. The highest BCUT2D eigenvalue weighted by Gasteiger charge is 2.42. The highest BCUT2D eigenvalue weighted by atomic mass is 19.1. The summed E-state index contributed by atoms with van der Waals surface area (Å²) in [5, 5.41) is 0. The van der Waals surface area contributed by atoms with Crippen molar-refractivity contribution in [3.63, 3.8) is 0 Å². The third-order valence-corrected chi connectivity index (χ3v) is 5.07. The third kappa shape index (κ3) is 3.71. The van der Waals surface area contributed by atoms with Gasteiger partial charge in [0, 0.05) is 19.3 Å². The monoisotopic (exact) mass is 344 g/mol. The lowest BCUT2D eigenvalue weighted by Crippen LogP contribution is -2.41. The van der Waals surface area contributed by atoms with E-state index in [-0.39, 0.29) is 11.5 Å². The van der Waals surface area contributed by atoms with Gasteiger partial charge in [-0.1, -0.05) is 0 Å². The van der Waals surface area contributed by atoms with E-state index in [4.69, 9.17) is 9.47 Å². The standard InChI is InChI=1S/C18H21FN4O2/c19-14-9-21-17(22-10-14)23-6-3-18(4-7-23)8-16(25-13-18)12-24-15-2-1-5-20-11-15/h1-2,5,9-11,16H,3-4,6-8,12-13H2/t16-/m0/s1. The van der Waals surface area contributed by atoms with E-state index < -0.39 is 5.82 Å². The maximum atomic E-state index is 13.0. The normalized spacial score (nSPS) is 22.3. The maximum Gasteiger partial charge on any atom is 0.225 e.